The van der Waals surface area contributed by atoms with Crippen molar-refractivity contribution in [3.05, 3.63) is 29.8 Å². The molecule has 1 heterocycles. The zero-order chi connectivity index (χ0) is 14.6. The molecule has 1 unspecified atom stereocenters. The van der Waals surface area contributed by atoms with Gasteiger partial charge in [-0.3, -0.25) is 4.79 Å². The molecule has 1 saturated heterocycles. The minimum Gasteiger partial charge on any atom is -0.378 e. The van der Waals surface area contributed by atoms with E-state index in [2.05, 4.69) is 10.6 Å². The average Bonchev–Trinajstić information content (AvgIpc) is 2.39. The van der Waals surface area contributed by atoms with Crippen LogP contribution in [-0.2, 0) is 15.7 Å². The molecule has 1 atom stereocenters. The number of amides is 1. The Kier molecular flexibility index (Phi) is 4.61. The van der Waals surface area contributed by atoms with E-state index in [9.17, 15) is 18.0 Å². The van der Waals surface area contributed by atoms with Gasteiger partial charge in [0.2, 0.25) is 5.91 Å². The molecule has 1 aliphatic rings. The van der Waals surface area contributed by atoms with Crippen molar-refractivity contribution < 1.29 is 22.7 Å². The molecular weight excluding hydrogens is 273 g/mol. The van der Waals surface area contributed by atoms with E-state index < -0.39 is 11.7 Å². The van der Waals surface area contributed by atoms with E-state index >= 15 is 0 Å². The average molecular weight is 288 g/mol. The van der Waals surface area contributed by atoms with Gasteiger partial charge in [0.05, 0.1) is 18.8 Å². The van der Waals surface area contributed by atoms with E-state index in [1.807, 2.05) is 0 Å². The SMILES string of the molecule is O=C(CC1COCCN1)Nc1ccc(C(F)(F)F)cc1. The van der Waals surface area contributed by atoms with E-state index in [-0.39, 0.29) is 18.4 Å². The summed E-state index contributed by atoms with van der Waals surface area (Å²) in [5.74, 6) is -0.257. The minimum absolute atomic E-state index is 0.0572. The van der Waals surface area contributed by atoms with Crippen LogP contribution < -0.4 is 10.6 Å². The number of ether oxygens (including phenoxy) is 1. The third-order valence-corrected chi connectivity index (χ3v) is 2.93. The highest BCUT2D eigenvalue weighted by Gasteiger charge is 2.30. The number of benzene rings is 1. The summed E-state index contributed by atoms with van der Waals surface area (Å²) in [5, 5.41) is 5.70. The summed E-state index contributed by atoms with van der Waals surface area (Å²) in [5.41, 5.74) is -0.391. The monoisotopic (exact) mass is 288 g/mol. The van der Waals surface area contributed by atoms with E-state index in [4.69, 9.17) is 4.74 Å². The molecule has 1 aliphatic heterocycles. The van der Waals surface area contributed by atoms with Crippen molar-refractivity contribution in [2.75, 3.05) is 25.1 Å². The summed E-state index contributed by atoms with van der Waals surface area (Å²) in [6.07, 6.45) is -4.15. The van der Waals surface area contributed by atoms with Crippen LogP contribution in [0.25, 0.3) is 0 Å². The summed E-state index contributed by atoms with van der Waals surface area (Å²) in [7, 11) is 0. The Morgan fingerprint density at radius 3 is 2.60 bits per heavy atom. The van der Waals surface area contributed by atoms with Crippen LogP contribution in [0, 0.1) is 0 Å². The first-order valence-electron chi connectivity index (χ1n) is 6.23. The lowest BCUT2D eigenvalue weighted by atomic mass is 10.1. The second-order valence-electron chi connectivity index (χ2n) is 4.55. The van der Waals surface area contributed by atoms with E-state index in [0.717, 1.165) is 12.1 Å². The highest BCUT2D eigenvalue weighted by atomic mass is 19.4. The topological polar surface area (TPSA) is 50.4 Å². The van der Waals surface area contributed by atoms with Crippen LogP contribution in [0.3, 0.4) is 0 Å². The third kappa shape index (κ3) is 4.21. The fourth-order valence-electron chi connectivity index (χ4n) is 1.93. The third-order valence-electron chi connectivity index (χ3n) is 2.93. The van der Waals surface area contributed by atoms with Crippen LogP contribution in [0.15, 0.2) is 24.3 Å². The number of carbonyl (C=O) groups excluding carboxylic acids is 1. The van der Waals surface area contributed by atoms with E-state index in [1.165, 1.54) is 12.1 Å². The maximum Gasteiger partial charge on any atom is 0.416 e. The minimum atomic E-state index is -4.37. The molecule has 0 saturated carbocycles. The zero-order valence-corrected chi connectivity index (χ0v) is 10.7. The van der Waals surface area contributed by atoms with Gasteiger partial charge in [0.1, 0.15) is 0 Å². The maximum atomic E-state index is 12.4. The molecule has 0 radical (unpaired) electrons. The molecule has 7 heteroatoms. The Hall–Kier alpha value is -1.60. The Bertz CT molecular complexity index is 454. The van der Waals surface area contributed by atoms with Crippen LogP contribution in [0.5, 0.6) is 0 Å². The first-order chi connectivity index (χ1) is 9.45. The molecule has 0 aromatic heterocycles. The van der Waals surface area contributed by atoms with Crippen LogP contribution >= 0.6 is 0 Å². The fraction of sp³-hybridized carbons (Fsp3) is 0.462. The lowest BCUT2D eigenvalue weighted by Crippen LogP contribution is -2.43. The molecule has 20 heavy (non-hydrogen) atoms. The Balaban J connectivity index is 1.87. The van der Waals surface area contributed by atoms with Crippen molar-refractivity contribution in [1.29, 1.82) is 0 Å². The number of hydrogen-bond donors (Lipinski definition) is 2. The van der Waals surface area contributed by atoms with Gasteiger partial charge >= 0.3 is 6.18 Å². The summed E-state index contributed by atoms with van der Waals surface area (Å²) >= 11 is 0. The lowest BCUT2D eigenvalue weighted by Gasteiger charge is -2.23. The van der Waals surface area contributed by atoms with Gasteiger partial charge in [0.15, 0.2) is 0 Å². The summed E-state index contributed by atoms with van der Waals surface area (Å²) in [4.78, 5) is 11.7. The standard InChI is InChI=1S/C13H15F3N2O2/c14-13(15,16)9-1-3-10(4-2-9)18-12(19)7-11-8-20-6-5-17-11/h1-4,11,17H,5-8H2,(H,18,19). The van der Waals surface area contributed by atoms with Crippen molar-refractivity contribution >= 4 is 11.6 Å². The van der Waals surface area contributed by atoms with Gasteiger partial charge in [0.25, 0.3) is 0 Å². The lowest BCUT2D eigenvalue weighted by molar-refractivity contribution is -0.137. The van der Waals surface area contributed by atoms with Gasteiger partial charge in [-0.15, -0.1) is 0 Å². The molecule has 2 N–H and O–H groups in total. The number of alkyl halides is 3. The molecule has 110 valence electrons. The quantitative estimate of drug-likeness (QED) is 0.894. The van der Waals surface area contributed by atoms with Gasteiger partial charge < -0.3 is 15.4 Å². The molecule has 2 rings (SSSR count). The molecule has 1 fully saturated rings. The van der Waals surface area contributed by atoms with Crippen molar-refractivity contribution in [1.82, 2.24) is 5.32 Å². The van der Waals surface area contributed by atoms with E-state index in [0.29, 0.717) is 25.4 Å². The first-order valence-corrected chi connectivity index (χ1v) is 6.23. The number of anilines is 1. The van der Waals surface area contributed by atoms with Crippen LogP contribution in [0.2, 0.25) is 0 Å². The van der Waals surface area contributed by atoms with Crippen molar-refractivity contribution in [2.45, 2.75) is 18.6 Å². The molecular formula is C13H15F3N2O2. The number of halogens is 3. The van der Waals surface area contributed by atoms with Gasteiger partial charge in [-0.2, -0.15) is 13.2 Å². The predicted octanol–water partition coefficient (Wildman–Crippen LogP) is 2.02. The van der Waals surface area contributed by atoms with Gasteiger partial charge in [-0.25, -0.2) is 0 Å². The highest BCUT2D eigenvalue weighted by molar-refractivity contribution is 5.91. The number of hydrogen-bond acceptors (Lipinski definition) is 3. The summed E-state index contributed by atoms with van der Waals surface area (Å²) in [6.45, 7) is 1.77. The second kappa shape index (κ2) is 6.23. The largest absolute Gasteiger partial charge is 0.416 e. The molecule has 1 aromatic carbocycles. The van der Waals surface area contributed by atoms with E-state index in [1.54, 1.807) is 0 Å². The zero-order valence-electron chi connectivity index (χ0n) is 10.7. The number of morpholine rings is 1. The van der Waals surface area contributed by atoms with Crippen molar-refractivity contribution in [2.24, 2.45) is 0 Å². The summed E-state index contributed by atoms with van der Waals surface area (Å²) in [6, 6.07) is 4.31. The molecule has 1 aromatic rings. The Morgan fingerprint density at radius 1 is 1.35 bits per heavy atom. The van der Waals surface area contributed by atoms with Crippen LogP contribution in [0.4, 0.5) is 18.9 Å². The van der Waals surface area contributed by atoms with Crippen LogP contribution in [-0.4, -0.2) is 31.7 Å². The smallest absolute Gasteiger partial charge is 0.378 e. The molecule has 0 aliphatic carbocycles. The van der Waals surface area contributed by atoms with Crippen LogP contribution in [0.1, 0.15) is 12.0 Å². The molecule has 0 bridgehead atoms. The van der Waals surface area contributed by atoms with Gasteiger partial charge in [-0.1, -0.05) is 0 Å². The maximum absolute atomic E-state index is 12.4. The Morgan fingerprint density at radius 2 is 2.05 bits per heavy atom. The Labute approximate surface area is 114 Å². The highest BCUT2D eigenvalue weighted by Crippen LogP contribution is 2.29. The normalized spacial score (nSPS) is 19.6. The predicted molar refractivity (Wildman–Crippen MR) is 67.3 cm³/mol. The molecule has 1 amide bonds. The van der Waals surface area contributed by atoms with Gasteiger partial charge in [-0.05, 0) is 24.3 Å². The number of nitrogens with one attached hydrogen (secondary N) is 2. The molecule has 0 spiro atoms. The van der Waals surface area contributed by atoms with Crippen molar-refractivity contribution in [3.63, 3.8) is 0 Å². The number of rotatable bonds is 3. The number of carbonyl (C=O) groups is 1. The molecule has 4 nitrogen and oxygen atoms in total. The summed E-state index contributed by atoms with van der Waals surface area (Å²) < 4.78 is 42.4. The second-order valence-corrected chi connectivity index (χ2v) is 4.55. The van der Waals surface area contributed by atoms with Gasteiger partial charge in [0, 0.05) is 24.7 Å². The first kappa shape index (κ1) is 14.8. The fourth-order valence-corrected chi connectivity index (χ4v) is 1.93. The van der Waals surface area contributed by atoms with Crippen molar-refractivity contribution in [3.8, 4) is 0 Å².